The molecule has 6 nitrogen and oxygen atoms in total. The van der Waals surface area contributed by atoms with Crippen LogP contribution in [0.5, 0.6) is 11.5 Å². The minimum Gasteiger partial charge on any atom is -0.493 e. The van der Waals surface area contributed by atoms with Crippen LogP contribution < -0.4 is 9.47 Å². The van der Waals surface area contributed by atoms with Gasteiger partial charge in [-0.05, 0) is 24.6 Å². The van der Waals surface area contributed by atoms with Gasteiger partial charge in [-0.2, -0.15) is 0 Å². The van der Waals surface area contributed by atoms with Crippen molar-refractivity contribution in [3.8, 4) is 11.5 Å². The number of benzene rings is 1. The van der Waals surface area contributed by atoms with Gasteiger partial charge in [-0.25, -0.2) is 4.79 Å². The number of morpholine rings is 1. The number of hydrogen-bond acceptors (Lipinski definition) is 5. The molecule has 0 amide bonds. The first kappa shape index (κ1) is 15.6. The Hall–Kier alpha value is -1.79. The number of methoxy groups -OCH3 is 1. The molecule has 0 bridgehead atoms. The van der Waals surface area contributed by atoms with E-state index in [0.717, 1.165) is 39.3 Å². The quantitative estimate of drug-likeness (QED) is 0.769. The summed E-state index contributed by atoms with van der Waals surface area (Å²) >= 11 is 0. The average molecular weight is 295 g/mol. The first-order valence-corrected chi connectivity index (χ1v) is 7.05. The Morgan fingerprint density at radius 1 is 1.33 bits per heavy atom. The van der Waals surface area contributed by atoms with E-state index in [0.29, 0.717) is 18.1 Å². The second kappa shape index (κ2) is 7.85. The second-order valence-corrected chi connectivity index (χ2v) is 4.83. The molecule has 1 aliphatic heterocycles. The van der Waals surface area contributed by atoms with Gasteiger partial charge in [0.05, 0.1) is 32.5 Å². The summed E-state index contributed by atoms with van der Waals surface area (Å²) in [5.41, 5.74) is 0.188. The van der Waals surface area contributed by atoms with E-state index in [4.69, 9.17) is 19.3 Å². The summed E-state index contributed by atoms with van der Waals surface area (Å²) in [6.07, 6.45) is 0.907. The first-order valence-electron chi connectivity index (χ1n) is 7.05. The van der Waals surface area contributed by atoms with Gasteiger partial charge in [0.2, 0.25) is 0 Å². The van der Waals surface area contributed by atoms with Crippen LogP contribution in [0.1, 0.15) is 16.8 Å². The second-order valence-electron chi connectivity index (χ2n) is 4.83. The van der Waals surface area contributed by atoms with E-state index in [1.165, 1.54) is 19.2 Å². The van der Waals surface area contributed by atoms with Crippen molar-refractivity contribution in [2.24, 2.45) is 0 Å². The lowest BCUT2D eigenvalue weighted by atomic mass is 10.2. The van der Waals surface area contributed by atoms with Crippen LogP contribution in [0.25, 0.3) is 0 Å². The van der Waals surface area contributed by atoms with Crippen molar-refractivity contribution in [2.45, 2.75) is 6.42 Å². The molecule has 1 N–H and O–H groups in total. The molecule has 6 heteroatoms. The van der Waals surface area contributed by atoms with E-state index in [1.54, 1.807) is 6.07 Å². The van der Waals surface area contributed by atoms with Crippen molar-refractivity contribution >= 4 is 5.97 Å². The summed E-state index contributed by atoms with van der Waals surface area (Å²) in [5.74, 6) is 0.0397. The summed E-state index contributed by atoms with van der Waals surface area (Å²) in [5, 5.41) is 8.94. The highest BCUT2D eigenvalue weighted by Gasteiger charge is 2.11. The lowest BCUT2D eigenvalue weighted by molar-refractivity contribution is 0.0357. The summed E-state index contributed by atoms with van der Waals surface area (Å²) in [4.78, 5) is 13.2. The summed E-state index contributed by atoms with van der Waals surface area (Å²) < 4.78 is 16.1. The largest absolute Gasteiger partial charge is 0.493 e. The van der Waals surface area contributed by atoms with Gasteiger partial charge in [0.25, 0.3) is 0 Å². The Bertz CT molecular complexity index is 471. The Balaban J connectivity index is 1.80. The van der Waals surface area contributed by atoms with E-state index in [1.807, 2.05) is 0 Å². The molecule has 0 aromatic heterocycles. The molecule has 1 aromatic carbocycles. The van der Waals surface area contributed by atoms with Gasteiger partial charge in [-0.15, -0.1) is 0 Å². The van der Waals surface area contributed by atoms with Crippen LogP contribution in [-0.2, 0) is 4.74 Å². The topological polar surface area (TPSA) is 68.2 Å². The molecule has 0 spiro atoms. The van der Waals surface area contributed by atoms with Gasteiger partial charge in [-0.3, -0.25) is 4.90 Å². The zero-order chi connectivity index (χ0) is 15.1. The summed E-state index contributed by atoms with van der Waals surface area (Å²) in [6.45, 7) is 5.07. The number of carboxylic acid groups (broad SMARTS) is 1. The molecule has 21 heavy (non-hydrogen) atoms. The zero-order valence-corrected chi connectivity index (χ0v) is 12.2. The number of carbonyl (C=O) groups is 1. The molecular weight excluding hydrogens is 274 g/mol. The molecule has 0 saturated carbocycles. The van der Waals surface area contributed by atoms with Crippen molar-refractivity contribution in [1.82, 2.24) is 4.90 Å². The molecule has 1 aliphatic rings. The van der Waals surface area contributed by atoms with Gasteiger partial charge < -0.3 is 19.3 Å². The fourth-order valence-electron chi connectivity index (χ4n) is 2.21. The normalized spacial score (nSPS) is 15.7. The number of carboxylic acids is 1. The van der Waals surface area contributed by atoms with Crippen molar-refractivity contribution in [1.29, 1.82) is 0 Å². The maximum atomic E-state index is 10.9. The molecule has 1 fully saturated rings. The monoisotopic (exact) mass is 295 g/mol. The standard InChI is InChI=1S/C15H21NO5/c1-19-14-11-12(15(17)18)3-4-13(14)21-8-2-5-16-6-9-20-10-7-16/h3-4,11H,2,5-10H2,1H3,(H,17,18). The molecule has 0 unspecified atom stereocenters. The van der Waals surface area contributed by atoms with E-state index in [-0.39, 0.29) is 5.56 Å². The van der Waals surface area contributed by atoms with Crippen molar-refractivity contribution in [2.75, 3.05) is 46.6 Å². The van der Waals surface area contributed by atoms with Crippen molar-refractivity contribution in [3.05, 3.63) is 23.8 Å². The highest BCUT2D eigenvalue weighted by Crippen LogP contribution is 2.28. The minimum absolute atomic E-state index is 0.188. The molecule has 0 atom stereocenters. The highest BCUT2D eigenvalue weighted by molar-refractivity contribution is 5.88. The Labute approximate surface area is 124 Å². The van der Waals surface area contributed by atoms with Gasteiger partial charge in [-0.1, -0.05) is 0 Å². The molecule has 1 saturated heterocycles. The van der Waals surface area contributed by atoms with Gasteiger partial charge in [0.1, 0.15) is 0 Å². The predicted molar refractivity (Wildman–Crippen MR) is 77.3 cm³/mol. The van der Waals surface area contributed by atoms with Gasteiger partial charge in [0, 0.05) is 19.6 Å². The van der Waals surface area contributed by atoms with E-state index in [2.05, 4.69) is 4.90 Å². The Kier molecular flexibility index (Phi) is 5.83. The third kappa shape index (κ3) is 4.61. The molecule has 0 radical (unpaired) electrons. The van der Waals surface area contributed by atoms with Crippen molar-refractivity contribution in [3.63, 3.8) is 0 Å². The van der Waals surface area contributed by atoms with E-state index in [9.17, 15) is 4.79 Å². The van der Waals surface area contributed by atoms with Crippen LogP contribution in [0.2, 0.25) is 0 Å². The van der Waals surface area contributed by atoms with E-state index >= 15 is 0 Å². The molecule has 2 rings (SSSR count). The zero-order valence-electron chi connectivity index (χ0n) is 12.2. The maximum Gasteiger partial charge on any atom is 0.335 e. The Morgan fingerprint density at radius 2 is 2.10 bits per heavy atom. The number of aromatic carboxylic acids is 1. The molecular formula is C15H21NO5. The number of hydrogen-bond donors (Lipinski definition) is 1. The van der Waals surface area contributed by atoms with Crippen LogP contribution >= 0.6 is 0 Å². The number of nitrogens with zero attached hydrogens (tertiary/aromatic N) is 1. The van der Waals surface area contributed by atoms with E-state index < -0.39 is 5.97 Å². The minimum atomic E-state index is -0.979. The summed E-state index contributed by atoms with van der Waals surface area (Å²) in [6, 6.07) is 4.62. The number of ether oxygens (including phenoxy) is 3. The van der Waals surface area contributed by atoms with Crippen LogP contribution in [0, 0.1) is 0 Å². The third-order valence-electron chi connectivity index (χ3n) is 3.39. The molecule has 1 heterocycles. The molecule has 0 aliphatic carbocycles. The lowest BCUT2D eigenvalue weighted by Crippen LogP contribution is -2.37. The maximum absolute atomic E-state index is 10.9. The van der Waals surface area contributed by atoms with Gasteiger partial charge >= 0.3 is 5.97 Å². The molecule has 1 aromatic rings. The third-order valence-corrected chi connectivity index (χ3v) is 3.39. The highest BCUT2D eigenvalue weighted by atomic mass is 16.5. The average Bonchev–Trinajstić information content (AvgIpc) is 2.52. The van der Waals surface area contributed by atoms with Crippen LogP contribution in [0.4, 0.5) is 0 Å². The van der Waals surface area contributed by atoms with Crippen LogP contribution in [-0.4, -0.2) is 62.5 Å². The van der Waals surface area contributed by atoms with Crippen LogP contribution in [0.3, 0.4) is 0 Å². The first-order chi connectivity index (χ1) is 10.2. The molecule has 116 valence electrons. The smallest absolute Gasteiger partial charge is 0.335 e. The van der Waals surface area contributed by atoms with Gasteiger partial charge in [0.15, 0.2) is 11.5 Å². The fourth-order valence-corrected chi connectivity index (χ4v) is 2.21. The van der Waals surface area contributed by atoms with Crippen LogP contribution in [0.15, 0.2) is 18.2 Å². The summed E-state index contributed by atoms with van der Waals surface area (Å²) in [7, 11) is 1.50. The Morgan fingerprint density at radius 3 is 2.76 bits per heavy atom. The van der Waals surface area contributed by atoms with Crippen molar-refractivity contribution < 1.29 is 24.1 Å². The number of rotatable bonds is 7. The predicted octanol–water partition coefficient (Wildman–Crippen LogP) is 1.49. The lowest BCUT2D eigenvalue weighted by Gasteiger charge is -2.26. The fraction of sp³-hybridized carbons (Fsp3) is 0.533. The SMILES string of the molecule is COc1cc(C(=O)O)ccc1OCCCN1CCOCC1.